The SMILES string of the molecule is Cc1nc(C(F)F)cc(C#N)c1S(N)(=O)=O. The second kappa shape index (κ2) is 4.11. The normalized spacial score (nSPS) is 11.5. The van der Waals surface area contributed by atoms with Gasteiger partial charge in [-0.25, -0.2) is 22.3 Å². The van der Waals surface area contributed by atoms with Gasteiger partial charge in [-0.05, 0) is 13.0 Å². The smallest absolute Gasteiger partial charge is 0.251 e. The van der Waals surface area contributed by atoms with Gasteiger partial charge in [0, 0.05) is 0 Å². The van der Waals surface area contributed by atoms with Crippen LogP contribution in [0.4, 0.5) is 8.78 Å². The zero-order valence-electron chi connectivity index (χ0n) is 8.11. The van der Waals surface area contributed by atoms with Crippen molar-refractivity contribution in [1.29, 1.82) is 5.26 Å². The minimum absolute atomic E-state index is 0.211. The number of hydrogen-bond acceptors (Lipinski definition) is 4. The van der Waals surface area contributed by atoms with Crippen molar-refractivity contribution in [2.75, 3.05) is 0 Å². The highest BCUT2D eigenvalue weighted by molar-refractivity contribution is 7.89. The van der Waals surface area contributed by atoms with Gasteiger partial charge in [0.15, 0.2) is 0 Å². The zero-order valence-corrected chi connectivity index (χ0v) is 8.92. The summed E-state index contributed by atoms with van der Waals surface area (Å²) in [4.78, 5) is 2.87. The van der Waals surface area contributed by atoms with Gasteiger partial charge in [-0.15, -0.1) is 0 Å². The number of alkyl halides is 2. The van der Waals surface area contributed by atoms with Crippen LogP contribution in [0.3, 0.4) is 0 Å². The molecule has 5 nitrogen and oxygen atoms in total. The Balaban J connectivity index is 3.62. The summed E-state index contributed by atoms with van der Waals surface area (Å²) in [6.45, 7) is 1.20. The van der Waals surface area contributed by atoms with E-state index in [4.69, 9.17) is 10.4 Å². The first-order chi connectivity index (χ1) is 7.27. The molecule has 0 aliphatic carbocycles. The van der Waals surface area contributed by atoms with E-state index < -0.39 is 32.6 Å². The van der Waals surface area contributed by atoms with Gasteiger partial charge < -0.3 is 0 Å². The van der Waals surface area contributed by atoms with Gasteiger partial charge in [-0.3, -0.25) is 4.98 Å². The molecule has 0 radical (unpaired) electrons. The van der Waals surface area contributed by atoms with E-state index in [1.807, 2.05) is 0 Å². The Labute approximate surface area is 90.6 Å². The fraction of sp³-hybridized carbons (Fsp3) is 0.250. The average molecular weight is 247 g/mol. The maximum absolute atomic E-state index is 12.3. The van der Waals surface area contributed by atoms with Crippen LogP contribution in [0, 0.1) is 18.3 Å². The Kier molecular flexibility index (Phi) is 3.21. The van der Waals surface area contributed by atoms with Gasteiger partial charge in [0.05, 0.1) is 11.3 Å². The second-order valence-corrected chi connectivity index (χ2v) is 4.46. The highest BCUT2D eigenvalue weighted by Gasteiger charge is 2.22. The zero-order chi connectivity index (χ0) is 12.5. The number of nitriles is 1. The fourth-order valence-electron chi connectivity index (χ4n) is 1.24. The Bertz CT molecular complexity index is 563. The van der Waals surface area contributed by atoms with Crippen molar-refractivity contribution in [1.82, 2.24) is 4.98 Å². The van der Waals surface area contributed by atoms with Crippen molar-refractivity contribution in [2.24, 2.45) is 5.14 Å². The summed E-state index contributed by atoms with van der Waals surface area (Å²) < 4.78 is 46.9. The lowest BCUT2D eigenvalue weighted by Crippen LogP contribution is -2.17. The number of halogens is 2. The van der Waals surface area contributed by atoms with Gasteiger partial charge >= 0.3 is 0 Å². The quantitative estimate of drug-likeness (QED) is 0.837. The summed E-state index contributed by atoms with van der Waals surface area (Å²) >= 11 is 0. The number of nitrogens with zero attached hydrogens (tertiary/aromatic N) is 2. The summed E-state index contributed by atoms with van der Waals surface area (Å²) in [5, 5.41) is 13.5. The molecule has 0 saturated heterocycles. The number of hydrogen-bond donors (Lipinski definition) is 1. The maximum atomic E-state index is 12.3. The molecule has 0 aliphatic heterocycles. The molecule has 0 unspecified atom stereocenters. The Morgan fingerprint density at radius 2 is 2.12 bits per heavy atom. The molecule has 86 valence electrons. The maximum Gasteiger partial charge on any atom is 0.280 e. The van der Waals surface area contributed by atoms with Crippen LogP contribution >= 0.6 is 0 Å². The van der Waals surface area contributed by atoms with Crippen LogP contribution in [0.5, 0.6) is 0 Å². The molecule has 0 fully saturated rings. The van der Waals surface area contributed by atoms with E-state index in [1.165, 1.54) is 13.0 Å². The predicted octanol–water partition coefficient (Wildman–Crippen LogP) is 0.847. The third kappa shape index (κ3) is 2.32. The van der Waals surface area contributed by atoms with Crippen molar-refractivity contribution in [3.8, 4) is 6.07 Å². The van der Waals surface area contributed by atoms with Crippen LogP contribution in [-0.4, -0.2) is 13.4 Å². The van der Waals surface area contributed by atoms with E-state index >= 15 is 0 Å². The Morgan fingerprint density at radius 3 is 2.50 bits per heavy atom. The topological polar surface area (TPSA) is 96.8 Å². The first-order valence-electron chi connectivity index (χ1n) is 4.00. The molecule has 0 aliphatic rings. The second-order valence-electron chi connectivity index (χ2n) is 2.97. The molecule has 2 N–H and O–H groups in total. The van der Waals surface area contributed by atoms with Crippen LogP contribution in [-0.2, 0) is 10.0 Å². The number of primary sulfonamides is 1. The summed E-state index contributed by atoms with van der Waals surface area (Å²) in [5.74, 6) is 0. The van der Waals surface area contributed by atoms with Gasteiger partial charge in [0.2, 0.25) is 10.0 Å². The number of aromatic nitrogens is 1. The number of aryl methyl sites for hydroxylation is 1. The van der Waals surface area contributed by atoms with Crippen LogP contribution in [0.25, 0.3) is 0 Å². The lowest BCUT2D eigenvalue weighted by molar-refractivity contribution is 0.145. The molecule has 16 heavy (non-hydrogen) atoms. The van der Waals surface area contributed by atoms with Gasteiger partial charge in [0.1, 0.15) is 16.7 Å². The molecular formula is C8H7F2N3O2S. The van der Waals surface area contributed by atoms with E-state index in [-0.39, 0.29) is 5.69 Å². The van der Waals surface area contributed by atoms with E-state index in [2.05, 4.69) is 4.98 Å². The molecule has 0 aromatic carbocycles. The molecule has 1 aromatic rings. The van der Waals surface area contributed by atoms with Gasteiger partial charge in [-0.2, -0.15) is 5.26 Å². The van der Waals surface area contributed by atoms with E-state index in [9.17, 15) is 17.2 Å². The highest BCUT2D eigenvalue weighted by Crippen LogP contribution is 2.23. The van der Waals surface area contributed by atoms with E-state index in [1.54, 1.807) is 0 Å². The minimum atomic E-state index is -4.15. The third-order valence-corrected chi connectivity index (χ3v) is 2.88. The molecule has 0 bridgehead atoms. The molecular weight excluding hydrogens is 240 g/mol. The lowest BCUT2D eigenvalue weighted by atomic mass is 10.2. The molecule has 0 spiro atoms. The molecule has 1 aromatic heterocycles. The number of rotatable bonds is 2. The van der Waals surface area contributed by atoms with Crippen molar-refractivity contribution < 1.29 is 17.2 Å². The Hall–Kier alpha value is -1.59. The monoisotopic (exact) mass is 247 g/mol. The van der Waals surface area contributed by atoms with E-state index in [0.717, 1.165) is 6.07 Å². The van der Waals surface area contributed by atoms with Crippen LogP contribution in [0.15, 0.2) is 11.0 Å². The standard InChI is InChI=1S/C8H7F2N3O2S/c1-4-7(16(12,14)15)5(3-11)2-6(13-4)8(9)10/h2,8H,1H3,(H2,12,14,15). The number of nitrogens with two attached hydrogens (primary N) is 1. The minimum Gasteiger partial charge on any atom is -0.251 e. The van der Waals surface area contributed by atoms with Gasteiger partial charge in [-0.1, -0.05) is 0 Å². The molecule has 1 rings (SSSR count). The molecule has 0 atom stereocenters. The van der Waals surface area contributed by atoms with Crippen molar-refractivity contribution >= 4 is 10.0 Å². The fourth-order valence-corrected chi connectivity index (χ4v) is 2.11. The van der Waals surface area contributed by atoms with Crippen LogP contribution in [0.1, 0.15) is 23.4 Å². The Morgan fingerprint density at radius 1 is 1.56 bits per heavy atom. The summed E-state index contributed by atoms with van der Waals surface area (Å²) in [6.07, 6.45) is -2.87. The van der Waals surface area contributed by atoms with Crippen molar-refractivity contribution in [2.45, 2.75) is 18.2 Å². The van der Waals surface area contributed by atoms with Crippen molar-refractivity contribution in [3.63, 3.8) is 0 Å². The highest BCUT2D eigenvalue weighted by atomic mass is 32.2. The van der Waals surface area contributed by atoms with Gasteiger partial charge in [0.25, 0.3) is 6.43 Å². The molecule has 0 amide bonds. The van der Waals surface area contributed by atoms with E-state index in [0.29, 0.717) is 0 Å². The predicted molar refractivity (Wildman–Crippen MR) is 50.0 cm³/mol. The lowest BCUT2D eigenvalue weighted by Gasteiger charge is -2.07. The average Bonchev–Trinajstić information content (AvgIpc) is 2.14. The summed E-state index contributed by atoms with van der Waals surface area (Å²) in [5.41, 5.74) is -1.29. The summed E-state index contributed by atoms with van der Waals surface area (Å²) in [7, 11) is -4.15. The first-order valence-corrected chi connectivity index (χ1v) is 5.54. The molecule has 1 heterocycles. The van der Waals surface area contributed by atoms with Crippen LogP contribution in [0.2, 0.25) is 0 Å². The van der Waals surface area contributed by atoms with Crippen molar-refractivity contribution in [3.05, 3.63) is 23.0 Å². The first kappa shape index (κ1) is 12.5. The largest absolute Gasteiger partial charge is 0.280 e. The number of sulfonamides is 1. The molecule has 0 saturated carbocycles. The number of pyridine rings is 1. The van der Waals surface area contributed by atoms with Crippen LogP contribution < -0.4 is 5.14 Å². The molecule has 8 heteroatoms. The summed E-state index contributed by atoms with van der Waals surface area (Å²) in [6, 6.07) is 2.23. The third-order valence-electron chi connectivity index (χ3n) is 1.79.